The molecule has 0 radical (unpaired) electrons. The zero-order chi connectivity index (χ0) is 34.1. The van der Waals surface area contributed by atoms with Crippen LogP contribution in [0.5, 0.6) is 0 Å². The number of unbranched alkanes of at least 4 members (excludes halogenated alkanes) is 5. The van der Waals surface area contributed by atoms with E-state index >= 15 is 0 Å². The van der Waals surface area contributed by atoms with E-state index in [4.69, 9.17) is 56.8 Å². The van der Waals surface area contributed by atoms with Crippen molar-refractivity contribution in [2.24, 2.45) is 0 Å². The number of ether oxygens (including phenoxy) is 12. The molecule has 0 fully saturated rings. The molecule has 13 heteroatoms. The number of esters is 1. The van der Waals surface area contributed by atoms with Crippen LogP contribution in [0, 0.1) is 0 Å². The maximum absolute atomic E-state index is 11.2. The highest BCUT2D eigenvalue weighted by atomic mass is 16.6. The van der Waals surface area contributed by atoms with E-state index in [1.165, 1.54) is 32.1 Å². The van der Waals surface area contributed by atoms with Crippen LogP contribution < -0.4 is 0 Å². The molecule has 0 aliphatic heterocycles. The van der Waals surface area contributed by atoms with Gasteiger partial charge in [0.1, 0.15) is 6.61 Å². The van der Waals surface area contributed by atoms with Crippen molar-refractivity contribution < 1.29 is 61.6 Å². The molecule has 0 saturated heterocycles. The lowest BCUT2D eigenvalue weighted by molar-refractivity contribution is -0.140. The SMILES string of the molecule is C=C(C)C(=O)OCCOCCOCCOCCOCCOCCOCCOCCOCCOCCOCCOCCCCCCCC. The van der Waals surface area contributed by atoms with Gasteiger partial charge in [0.05, 0.1) is 139 Å². The van der Waals surface area contributed by atoms with Crippen LogP contribution in [0.3, 0.4) is 0 Å². The fraction of sp³-hybridized carbons (Fsp3) is 0.912. The van der Waals surface area contributed by atoms with Crippen LogP contribution in [-0.4, -0.2) is 158 Å². The molecule has 0 heterocycles. The fourth-order valence-corrected chi connectivity index (χ4v) is 3.60. The molecule has 0 aliphatic carbocycles. The summed E-state index contributed by atoms with van der Waals surface area (Å²) in [7, 11) is 0. The quantitative estimate of drug-likeness (QED) is 0.0529. The number of carbonyl (C=O) groups is 1. The zero-order valence-electron chi connectivity index (χ0n) is 29.5. The van der Waals surface area contributed by atoms with Gasteiger partial charge in [0.2, 0.25) is 0 Å². The Balaban J connectivity index is 3.06. The summed E-state index contributed by atoms with van der Waals surface area (Å²) in [4.78, 5) is 11.2. The summed E-state index contributed by atoms with van der Waals surface area (Å²) in [5.74, 6) is -0.411. The summed E-state index contributed by atoms with van der Waals surface area (Å²) in [6.07, 6.45) is 7.66. The van der Waals surface area contributed by atoms with Gasteiger partial charge in [-0.1, -0.05) is 45.6 Å². The standard InChI is InChI=1S/C34H66O13/c1-4-5-6-7-8-9-10-36-11-12-37-13-14-38-15-16-39-17-18-40-19-20-41-21-22-42-23-24-43-25-26-44-27-28-45-29-30-46-31-32-47-34(35)33(2)3/h2,4-32H2,1,3H3. The summed E-state index contributed by atoms with van der Waals surface area (Å²) in [6, 6.07) is 0. The van der Waals surface area contributed by atoms with Crippen LogP contribution in [0.25, 0.3) is 0 Å². The van der Waals surface area contributed by atoms with Crippen LogP contribution in [0.15, 0.2) is 12.2 Å². The minimum absolute atomic E-state index is 0.201. The van der Waals surface area contributed by atoms with E-state index in [2.05, 4.69) is 13.5 Å². The highest BCUT2D eigenvalue weighted by Gasteiger charge is 2.02. The fourth-order valence-electron chi connectivity index (χ4n) is 3.60. The molecule has 0 aromatic carbocycles. The van der Waals surface area contributed by atoms with Gasteiger partial charge >= 0.3 is 5.97 Å². The van der Waals surface area contributed by atoms with Crippen molar-refractivity contribution in [3.05, 3.63) is 12.2 Å². The molecule has 0 rings (SSSR count). The van der Waals surface area contributed by atoms with Gasteiger partial charge in [-0.05, 0) is 13.3 Å². The first-order valence-corrected chi connectivity index (χ1v) is 17.4. The molecule has 280 valence electrons. The number of rotatable bonds is 41. The smallest absolute Gasteiger partial charge is 0.333 e. The molecule has 0 spiro atoms. The predicted molar refractivity (Wildman–Crippen MR) is 178 cm³/mol. The number of carbonyl (C=O) groups excluding carboxylic acids is 1. The molecule has 0 bridgehead atoms. The Bertz CT molecular complexity index is 639. The molecular weight excluding hydrogens is 616 g/mol. The molecular formula is C34H66O13. The van der Waals surface area contributed by atoms with E-state index in [1.54, 1.807) is 6.92 Å². The monoisotopic (exact) mass is 682 g/mol. The molecule has 13 nitrogen and oxygen atoms in total. The third-order valence-electron chi connectivity index (χ3n) is 6.17. The lowest BCUT2D eigenvalue weighted by Gasteiger charge is -2.09. The minimum Gasteiger partial charge on any atom is -0.460 e. The van der Waals surface area contributed by atoms with Crippen LogP contribution in [0.1, 0.15) is 52.4 Å². The van der Waals surface area contributed by atoms with Gasteiger partial charge in [-0.3, -0.25) is 0 Å². The Morgan fingerprint density at radius 3 is 0.872 bits per heavy atom. The largest absolute Gasteiger partial charge is 0.460 e. The van der Waals surface area contributed by atoms with Gasteiger partial charge in [0, 0.05) is 12.2 Å². The maximum atomic E-state index is 11.2. The van der Waals surface area contributed by atoms with E-state index < -0.39 is 5.97 Å². The van der Waals surface area contributed by atoms with Crippen molar-refractivity contribution in [1.29, 1.82) is 0 Å². The second-order valence-corrected chi connectivity index (χ2v) is 10.4. The summed E-state index contributed by atoms with van der Waals surface area (Å²) in [5, 5.41) is 0. The molecule has 47 heavy (non-hydrogen) atoms. The topological polar surface area (TPSA) is 128 Å². The van der Waals surface area contributed by atoms with Crippen molar-refractivity contribution in [2.75, 3.05) is 152 Å². The zero-order valence-corrected chi connectivity index (χ0v) is 29.5. The van der Waals surface area contributed by atoms with Crippen molar-refractivity contribution in [3.63, 3.8) is 0 Å². The van der Waals surface area contributed by atoms with Gasteiger partial charge in [-0.15, -0.1) is 0 Å². The van der Waals surface area contributed by atoms with E-state index in [0.29, 0.717) is 144 Å². The highest BCUT2D eigenvalue weighted by molar-refractivity contribution is 5.86. The van der Waals surface area contributed by atoms with Crippen LogP contribution in [0.2, 0.25) is 0 Å². The van der Waals surface area contributed by atoms with Gasteiger partial charge < -0.3 is 56.8 Å². The maximum Gasteiger partial charge on any atom is 0.333 e. The first-order valence-electron chi connectivity index (χ1n) is 17.4. The molecule has 0 aromatic rings. The Kier molecular flexibility index (Phi) is 39.9. The van der Waals surface area contributed by atoms with Crippen LogP contribution >= 0.6 is 0 Å². The molecule has 0 N–H and O–H groups in total. The predicted octanol–water partition coefficient (Wildman–Crippen LogP) is 3.65. The molecule has 0 atom stereocenters. The Morgan fingerprint density at radius 1 is 0.362 bits per heavy atom. The number of hydrogen-bond acceptors (Lipinski definition) is 13. The van der Waals surface area contributed by atoms with Crippen LogP contribution in [0.4, 0.5) is 0 Å². The third-order valence-corrected chi connectivity index (χ3v) is 6.17. The lowest BCUT2D eigenvalue weighted by Crippen LogP contribution is -2.15. The minimum atomic E-state index is -0.411. The molecule has 0 unspecified atom stereocenters. The first kappa shape index (κ1) is 45.8. The van der Waals surface area contributed by atoms with Crippen molar-refractivity contribution in [1.82, 2.24) is 0 Å². The Morgan fingerprint density at radius 2 is 0.596 bits per heavy atom. The second kappa shape index (κ2) is 40.9. The van der Waals surface area contributed by atoms with Gasteiger partial charge in [-0.2, -0.15) is 0 Å². The molecule has 0 amide bonds. The molecule has 0 aromatic heterocycles. The Labute approximate surface area is 284 Å². The van der Waals surface area contributed by atoms with Crippen molar-refractivity contribution >= 4 is 5.97 Å². The van der Waals surface area contributed by atoms with Gasteiger partial charge in [0.15, 0.2) is 0 Å². The average Bonchev–Trinajstić information content (AvgIpc) is 3.07. The highest BCUT2D eigenvalue weighted by Crippen LogP contribution is 2.04. The molecule has 0 saturated carbocycles. The van der Waals surface area contributed by atoms with Gasteiger partial charge in [0.25, 0.3) is 0 Å². The first-order chi connectivity index (χ1) is 23.2. The molecule has 0 aliphatic rings. The average molecular weight is 683 g/mol. The summed E-state index contributed by atoms with van der Waals surface area (Å²) in [6.45, 7) is 19.0. The summed E-state index contributed by atoms with van der Waals surface area (Å²) >= 11 is 0. The van der Waals surface area contributed by atoms with E-state index in [1.807, 2.05) is 0 Å². The van der Waals surface area contributed by atoms with E-state index in [0.717, 1.165) is 13.0 Å². The van der Waals surface area contributed by atoms with Crippen molar-refractivity contribution in [2.45, 2.75) is 52.4 Å². The lowest BCUT2D eigenvalue weighted by atomic mass is 10.1. The van der Waals surface area contributed by atoms with Crippen molar-refractivity contribution in [3.8, 4) is 0 Å². The van der Waals surface area contributed by atoms with Crippen LogP contribution in [-0.2, 0) is 61.6 Å². The van der Waals surface area contributed by atoms with Gasteiger partial charge in [-0.25, -0.2) is 4.79 Å². The Hall–Kier alpha value is -1.23. The normalized spacial score (nSPS) is 11.4. The summed E-state index contributed by atoms with van der Waals surface area (Å²) < 4.78 is 65.0. The van der Waals surface area contributed by atoms with E-state index in [-0.39, 0.29) is 6.61 Å². The summed E-state index contributed by atoms with van der Waals surface area (Å²) in [5.41, 5.74) is 0.371. The van der Waals surface area contributed by atoms with E-state index in [9.17, 15) is 4.79 Å². The third kappa shape index (κ3) is 40.9. The number of hydrogen-bond donors (Lipinski definition) is 0. The second-order valence-electron chi connectivity index (χ2n) is 10.4.